The quantitative estimate of drug-likeness (QED) is 0.340. The fraction of sp³-hybridized carbons (Fsp3) is 0.261. The minimum Gasteiger partial charge on any atom is -0.493 e. The molecule has 0 atom stereocenters. The third-order valence-corrected chi connectivity index (χ3v) is 4.99. The van der Waals surface area contributed by atoms with Gasteiger partial charge in [-0.25, -0.2) is 4.98 Å². The normalized spacial score (nSPS) is 11.3. The number of aromatic nitrogens is 2. The van der Waals surface area contributed by atoms with Crippen molar-refractivity contribution in [3.05, 3.63) is 69.2 Å². The van der Waals surface area contributed by atoms with Gasteiger partial charge in [0, 0.05) is 16.0 Å². The van der Waals surface area contributed by atoms with E-state index in [1.165, 1.54) is 4.68 Å². The molecule has 0 fully saturated rings. The lowest BCUT2D eigenvalue weighted by molar-refractivity contribution is 0.301. The highest BCUT2D eigenvalue weighted by Gasteiger charge is 2.15. The molecule has 1 aromatic heterocycles. The largest absolute Gasteiger partial charge is 0.493 e. The molecular formula is C23H24BrN3O4. The Labute approximate surface area is 189 Å². The van der Waals surface area contributed by atoms with Crippen molar-refractivity contribution in [2.45, 2.75) is 19.8 Å². The molecule has 2 aromatic carbocycles. The Morgan fingerprint density at radius 3 is 2.45 bits per heavy atom. The molecule has 31 heavy (non-hydrogen) atoms. The number of ether oxygens (including phenoxy) is 3. The molecule has 8 heteroatoms. The number of halogens is 1. The molecule has 7 nitrogen and oxygen atoms in total. The van der Waals surface area contributed by atoms with Crippen molar-refractivity contribution in [3.8, 4) is 17.2 Å². The topological polar surface area (TPSA) is 74.9 Å². The van der Waals surface area contributed by atoms with E-state index in [2.05, 4.69) is 32.6 Å². The van der Waals surface area contributed by atoms with Gasteiger partial charge in [0.25, 0.3) is 5.56 Å². The van der Waals surface area contributed by atoms with Crippen LogP contribution in [-0.4, -0.2) is 36.7 Å². The molecule has 3 aromatic rings. The molecule has 1 heterocycles. The summed E-state index contributed by atoms with van der Waals surface area (Å²) in [6.45, 7) is 7.90. The SMILES string of the molecule is C=CCOc1c(OC)cc(C=Nn2c(C(C)C)nc3ccc(Br)cc3c2=O)cc1OC. The van der Waals surface area contributed by atoms with Gasteiger partial charge in [0.1, 0.15) is 12.4 Å². The summed E-state index contributed by atoms with van der Waals surface area (Å²) >= 11 is 3.41. The first-order valence-corrected chi connectivity index (χ1v) is 10.4. The van der Waals surface area contributed by atoms with Crippen LogP contribution in [0, 0.1) is 0 Å². The van der Waals surface area contributed by atoms with E-state index in [1.807, 2.05) is 26.0 Å². The van der Waals surface area contributed by atoms with Crippen LogP contribution in [0.4, 0.5) is 0 Å². The van der Waals surface area contributed by atoms with Gasteiger partial charge in [0.15, 0.2) is 11.5 Å². The molecule has 0 aliphatic carbocycles. The van der Waals surface area contributed by atoms with Gasteiger partial charge >= 0.3 is 0 Å². The molecule has 0 aliphatic heterocycles. The summed E-state index contributed by atoms with van der Waals surface area (Å²) in [4.78, 5) is 17.8. The zero-order valence-electron chi connectivity index (χ0n) is 17.9. The lowest BCUT2D eigenvalue weighted by Crippen LogP contribution is -2.23. The monoisotopic (exact) mass is 485 g/mol. The minimum atomic E-state index is -0.240. The van der Waals surface area contributed by atoms with Crippen LogP contribution in [0.2, 0.25) is 0 Å². The van der Waals surface area contributed by atoms with Crippen molar-refractivity contribution in [2.24, 2.45) is 5.10 Å². The molecule has 0 spiro atoms. The van der Waals surface area contributed by atoms with Gasteiger partial charge in [0.05, 0.1) is 31.3 Å². The van der Waals surface area contributed by atoms with E-state index in [-0.39, 0.29) is 11.5 Å². The smallest absolute Gasteiger partial charge is 0.282 e. The summed E-state index contributed by atoms with van der Waals surface area (Å²) < 4.78 is 18.7. The maximum absolute atomic E-state index is 13.2. The van der Waals surface area contributed by atoms with Crippen LogP contribution >= 0.6 is 15.9 Å². The fourth-order valence-electron chi connectivity index (χ4n) is 3.03. The number of benzene rings is 2. The highest BCUT2D eigenvalue weighted by molar-refractivity contribution is 9.10. The maximum atomic E-state index is 13.2. The maximum Gasteiger partial charge on any atom is 0.282 e. The molecule has 0 saturated carbocycles. The third kappa shape index (κ3) is 4.80. The van der Waals surface area contributed by atoms with Crippen LogP contribution in [0.5, 0.6) is 17.2 Å². The second-order valence-corrected chi connectivity index (χ2v) is 7.92. The first-order valence-electron chi connectivity index (χ1n) is 9.65. The number of fused-ring (bicyclic) bond motifs is 1. The summed E-state index contributed by atoms with van der Waals surface area (Å²) in [5.41, 5.74) is 1.07. The molecule has 0 aliphatic rings. The zero-order chi connectivity index (χ0) is 22.5. The predicted octanol–water partition coefficient (Wildman–Crippen LogP) is 4.75. The molecule has 162 valence electrons. The van der Waals surface area contributed by atoms with Crippen molar-refractivity contribution in [2.75, 3.05) is 20.8 Å². The van der Waals surface area contributed by atoms with Crippen LogP contribution < -0.4 is 19.8 Å². The Balaban J connectivity index is 2.12. The molecule has 0 unspecified atom stereocenters. The van der Waals surface area contributed by atoms with E-state index >= 15 is 0 Å². The number of hydrogen-bond donors (Lipinski definition) is 0. The molecule has 0 bridgehead atoms. The second kappa shape index (κ2) is 9.78. The number of rotatable bonds is 8. The van der Waals surface area contributed by atoms with Gasteiger partial charge in [-0.3, -0.25) is 4.79 Å². The number of methoxy groups -OCH3 is 2. The zero-order valence-corrected chi connectivity index (χ0v) is 19.5. The van der Waals surface area contributed by atoms with Gasteiger partial charge in [0.2, 0.25) is 5.75 Å². The van der Waals surface area contributed by atoms with Crippen LogP contribution in [0.1, 0.15) is 31.2 Å². The van der Waals surface area contributed by atoms with Gasteiger partial charge in [-0.2, -0.15) is 9.78 Å². The fourth-order valence-corrected chi connectivity index (χ4v) is 3.40. The average molecular weight is 486 g/mol. The summed E-state index contributed by atoms with van der Waals surface area (Å²) in [7, 11) is 3.09. The predicted molar refractivity (Wildman–Crippen MR) is 126 cm³/mol. The van der Waals surface area contributed by atoms with Crippen molar-refractivity contribution in [1.29, 1.82) is 0 Å². The second-order valence-electron chi connectivity index (χ2n) is 7.00. The molecular weight excluding hydrogens is 462 g/mol. The molecule has 0 radical (unpaired) electrons. The van der Waals surface area contributed by atoms with E-state index < -0.39 is 0 Å². The van der Waals surface area contributed by atoms with Crippen molar-refractivity contribution < 1.29 is 14.2 Å². The first kappa shape index (κ1) is 22.6. The van der Waals surface area contributed by atoms with E-state index in [0.29, 0.717) is 46.1 Å². The first-order chi connectivity index (χ1) is 14.9. The van der Waals surface area contributed by atoms with Crippen LogP contribution in [0.25, 0.3) is 10.9 Å². The Hall–Kier alpha value is -3.13. The summed E-state index contributed by atoms with van der Waals surface area (Å²) in [5.74, 6) is 2.01. The van der Waals surface area contributed by atoms with E-state index in [9.17, 15) is 4.79 Å². The Kier molecular flexibility index (Phi) is 7.12. The third-order valence-electron chi connectivity index (χ3n) is 4.50. The van der Waals surface area contributed by atoms with Gasteiger partial charge in [-0.15, -0.1) is 0 Å². The highest BCUT2D eigenvalue weighted by atomic mass is 79.9. The van der Waals surface area contributed by atoms with Gasteiger partial charge < -0.3 is 14.2 Å². The summed E-state index contributed by atoms with van der Waals surface area (Å²) in [6, 6.07) is 8.95. The Bertz CT molecular complexity index is 1180. The Morgan fingerprint density at radius 1 is 1.19 bits per heavy atom. The Morgan fingerprint density at radius 2 is 1.87 bits per heavy atom. The van der Waals surface area contributed by atoms with Gasteiger partial charge in [-0.05, 0) is 30.3 Å². The van der Waals surface area contributed by atoms with Crippen molar-refractivity contribution in [3.63, 3.8) is 0 Å². The van der Waals surface area contributed by atoms with Crippen LogP contribution in [-0.2, 0) is 0 Å². The molecule has 0 N–H and O–H groups in total. The molecule has 3 rings (SSSR count). The number of hydrogen-bond acceptors (Lipinski definition) is 6. The van der Waals surface area contributed by atoms with Crippen molar-refractivity contribution >= 4 is 33.0 Å². The van der Waals surface area contributed by atoms with Crippen LogP contribution in [0.15, 0.2) is 57.4 Å². The van der Waals surface area contributed by atoms with Crippen LogP contribution in [0.3, 0.4) is 0 Å². The lowest BCUT2D eigenvalue weighted by atomic mass is 10.2. The van der Waals surface area contributed by atoms with Gasteiger partial charge in [-0.1, -0.05) is 42.4 Å². The average Bonchev–Trinajstić information content (AvgIpc) is 2.76. The van der Waals surface area contributed by atoms with E-state index in [0.717, 1.165) is 4.47 Å². The van der Waals surface area contributed by atoms with E-state index in [1.54, 1.807) is 44.7 Å². The molecule has 0 saturated heterocycles. The summed E-state index contributed by atoms with van der Waals surface area (Å²) in [6.07, 6.45) is 3.21. The van der Waals surface area contributed by atoms with E-state index in [4.69, 9.17) is 14.2 Å². The van der Waals surface area contributed by atoms with Crippen molar-refractivity contribution in [1.82, 2.24) is 9.66 Å². The standard InChI is InChI=1S/C23H24BrN3O4/c1-6-9-31-21-19(29-4)10-15(11-20(21)30-5)13-25-27-22(14(2)3)26-18-8-7-16(24)12-17(18)23(27)28/h6-8,10-14H,1,9H2,2-5H3. The highest BCUT2D eigenvalue weighted by Crippen LogP contribution is 2.38. The summed E-state index contributed by atoms with van der Waals surface area (Å²) in [5, 5.41) is 4.94. The molecule has 0 amide bonds. The number of nitrogens with zero attached hydrogens (tertiary/aromatic N) is 3. The minimum absolute atomic E-state index is 0.00310. The lowest BCUT2D eigenvalue weighted by Gasteiger charge is -2.14.